The number of hydrogen-bond acceptors (Lipinski definition) is 5. The molecule has 0 aromatic heterocycles. The molecule has 4 N–H and O–H groups in total. The van der Waals surface area contributed by atoms with E-state index in [0.717, 1.165) is 17.7 Å². The number of carbonyl (C=O) groups is 2. The molecule has 0 unspecified atom stereocenters. The van der Waals surface area contributed by atoms with E-state index >= 15 is 4.39 Å². The Bertz CT molecular complexity index is 1730. The predicted octanol–water partition coefficient (Wildman–Crippen LogP) is 4.81. The Balaban J connectivity index is 1.35. The number of nitrogens with one attached hydrogen (secondary N) is 2. The van der Waals surface area contributed by atoms with Crippen molar-refractivity contribution in [2.45, 2.75) is 25.3 Å². The highest BCUT2D eigenvalue weighted by molar-refractivity contribution is 7.91. The number of sulfonamides is 1. The zero-order valence-electron chi connectivity index (χ0n) is 22.8. The van der Waals surface area contributed by atoms with Crippen molar-refractivity contribution in [1.82, 2.24) is 5.32 Å². The van der Waals surface area contributed by atoms with E-state index in [9.17, 15) is 22.4 Å². The number of carbonyl (C=O) groups excluding carboxylic acids is 2. The highest BCUT2D eigenvalue weighted by atomic mass is 32.2. The van der Waals surface area contributed by atoms with Crippen molar-refractivity contribution < 1.29 is 31.5 Å². The van der Waals surface area contributed by atoms with Crippen LogP contribution in [-0.2, 0) is 44.9 Å². The number of aliphatic imine (C=N–C) groups is 1. The van der Waals surface area contributed by atoms with E-state index in [1.54, 1.807) is 66.7 Å². The molecule has 4 aromatic rings. The maximum atomic E-state index is 15.1. The lowest BCUT2D eigenvalue weighted by atomic mass is 10.1. The Morgan fingerprint density at radius 3 is 2.19 bits per heavy atom. The monoisotopic (exact) mass is 606 g/mol. The van der Waals surface area contributed by atoms with Gasteiger partial charge in [-0.25, -0.2) is 22.0 Å². The maximum absolute atomic E-state index is 15.1. The second-order valence-corrected chi connectivity index (χ2v) is 11.1. The SMILES string of the molecule is N/C(=N\C(=O)OCc1ccccc1)c1cccc(CNC(=O)Cc2c(F)ccc(NS(=O)(=O)Cc3ccccc3)c2F)c1. The van der Waals surface area contributed by atoms with Gasteiger partial charge in [0, 0.05) is 17.7 Å². The van der Waals surface area contributed by atoms with Crippen LogP contribution in [0.1, 0.15) is 27.8 Å². The Morgan fingerprint density at radius 2 is 1.49 bits per heavy atom. The average molecular weight is 607 g/mol. The lowest BCUT2D eigenvalue weighted by Gasteiger charge is -2.13. The van der Waals surface area contributed by atoms with Crippen LogP contribution in [0.4, 0.5) is 19.3 Å². The van der Waals surface area contributed by atoms with Gasteiger partial charge in [0.2, 0.25) is 15.9 Å². The summed E-state index contributed by atoms with van der Waals surface area (Å²) < 4.78 is 61.9. The molecule has 0 heterocycles. The Labute approximate surface area is 247 Å². The van der Waals surface area contributed by atoms with Gasteiger partial charge in [-0.2, -0.15) is 4.99 Å². The fourth-order valence-electron chi connectivity index (χ4n) is 4.01. The van der Waals surface area contributed by atoms with Gasteiger partial charge in [0.15, 0.2) is 5.82 Å². The van der Waals surface area contributed by atoms with E-state index < -0.39 is 57.1 Å². The van der Waals surface area contributed by atoms with Crippen LogP contribution in [0.5, 0.6) is 0 Å². The van der Waals surface area contributed by atoms with E-state index in [0.29, 0.717) is 16.7 Å². The summed E-state index contributed by atoms with van der Waals surface area (Å²) in [6, 6.07) is 25.7. The molecule has 0 aliphatic carbocycles. The second-order valence-electron chi connectivity index (χ2n) is 9.43. The third kappa shape index (κ3) is 9.20. The molecule has 0 saturated heterocycles. The van der Waals surface area contributed by atoms with Crippen LogP contribution in [0.3, 0.4) is 0 Å². The number of rotatable bonds is 11. The van der Waals surface area contributed by atoms with Crippen LogP contribution >= 0.6 is 0 Å². The van der Waals surface area contributed by atoms with Crippen molar-refractivity contribution in [3.63, 3.8) is 0 Å². The zero-order chi connectivity index (χ0) is 30.8. The molecule has 0 bridgehead atoms. The number of hydrogen-bond donors (Lipinski definition) is 3. The highest BCUT2D eigenvalue weighted by Crippen LogP contribution is 2.24. The largest absolute Gasteiger partial charge is 0.443 e. The molecule has 2 amide bonds. The minimum atomic E-state index is -4.01. The summed E-state index contributed by atoms with van der Waals surface area (Å²) in [6.07, 6.45) is -1.55. The maximum Gasteiger partial charge on any atom is 0.435 e. The third-order valence-electron chi connectivity index (χ3n) is 6.12. The number of amidine groups is 1. The van der Waals surface area contributed by atoms with E-state index in [-0.39, 0.29) is 19.0 Å². The summed E-state index contributed by atoms with van der Waals surface area (Å²) in [7, 11) is -4.01. The lowest BCUT2D eigenvalue weighted by molar-refractivity contribution is -0.120. The van der Waals surface area contributed by atoms with Crippen LogP contribution in [-0.4, -0.2) is 26.3 Å². The zero-order valence-corrected chi connectivity index (χ0v) is 23.6. The summed E-state index contributed by atoms with van der Waals surface area (Å²) in [5.41, 5.74) is 7.15. The summed E-state index contributed by atoms with van der Waals surface area (Å²) in [6.45, 7) is 0.0111. The molecular formula is C31H28F2N4O5S. The lowest BCUT2D eigenvalue weighted by Crippen LogP contribution is -2.26. The first-order valence-corrected chi connectivity index (χ1v) is 14.7. The summed E-state index contributed by atoms with van der Waals surface area (Å²) >= 11 is 0. The first-order chi connectivity index (χ1) is 20.6. The van der Waals surface area contributed by atoms with Crippen molar-refractivity contribution in [2.24, 2.45) is 10.7 Å². The highest BCUT2D eigenvalue weighted by Gasteiger charge is 2.20. The van der Waals surface area contributed by atoms with E-state index in [1.807, 2.05) is 18.2 Å². The van der Waals surface area contributed by atoms with Gasteiger partial charge in [0.05, 0.1) is 17.9 Å². The van der Waals surface area contributed by atoms with Gasteiger partial charge in [-0.3, -0.25) is 9.52 Å². The number of halogens is 2. The normalized spacial score (nSPS) is 11.5. The van der Waals surface area contributed by atoms with E-state index in [4.69, 9.17) is 10.5 Å². The van der Waals surface area contributed by atoms with Gasteiger partial charge in [0.25, 0.3) is 0 Å². The first-order valence-electron chi connectivity index (χ1n) is 13.0. The number of amides is 2. The van der Waals surface area contributed by atoms with Crippen molar-refractivity contribution in [3.8, 4) is 0 Å². The van der Waals surface area contributed by atoms with Gasteiger partial charge in [-0.1, -0.05) is 78.9 Å². The Morgan fingerprint density at radius 1 is 0.837 bits per heavy atom. The van der Waals surface area contributed by atoms with Gasteiger partial charge >= 0.3 is 6.09 Å². The molecule has 0 aliphatic heterocycles. The molecule has 0 spiro atoms. The summed E-state index contributed by atoms with van der Waals surface area (Å²) in [5.74, 6) is -3.40. The minimum absolute atomic E-state index is 0.0228. The van der Waals surface area contributed by atoms with Crippen molar-refractivity contribution in [1.29, 1.82) is 0 Å². The number of ether oxygens (including phenoxy) is 1. The van der Waals surface area contributed by atoms with Crippen molar-refractivity contribution in [3.05, 3.63) is 137 Å². The smallest absolute Gasteiger partial charge is 0.435 e. The molecule has 0 atom stereocenters. The van der Waals surface area contributed by atoms with Crippen LogP contribution in [0, 0.1) is 11.6 Å². The summed E-state index contributed by atoms with van der Waals surface area (Å²) in [4.78, 5) is 28.4. The van der Waals surface area contributed by atoms with Crippen LogP contribution < -0.4 is 15.8 Å². The molecule has 12 heteroatoms. The van der Waals surface area contributed by atoms with Gasteiger partial charge in [0.1, 0.15) is 18.3 Å². The standard InChI is InChI=1S/C31H28F2N4O5S/c32-26-14-15-27(37-43(40,41)20-22-10-5-2-6-11-22)29(33)25(26)17-28(38)35-18-23-12-7-13-24(16-23)30(34)36-31(39)42-19-21-8-3-1-4-9-21/h1-16,37H,17-20H2,(H,35,38)(H2,34,36,39). The third-order valence-corrected chi connectivity index (χ3v) is 7.36. The topological polar surface area (TPSA) is 140 Å². The fraction of sp³-hybridized carbons (Fsp3) is 0.129. The Hall–Kier alpha value is -5.10. The summed E-state index contributed by atoms with van der Waals surface area (Å²) in [5, 5.41) is 2.56. The van der Waals surface area contributed by atoms with E-state index in [2.05, 4.69) is 15.0 Å². The molecule has 9 nitrogen and oxygen atoms in total. The Kier molecular flexibility index (Phi) is 10.2. The molecular weight excluding hydrogens is 578 g/mol. The number of nitrogens with zero attached hydrogens (tertiary/aromatic N) is 1. The minimum Gasteiger partial charge on any atom is -0.443 e. The number of anilines is 1. The van der Waals surface area contributed by atoms with Crippen LogP contribution in [0.25, 0.3) is 0 Å². The molecule has 4 rings (SSSR count). The second kappa shape index (κ2) is 14.2. The molecule has 0 radical (unpaired) electrons. The average Bonchev–Trinajstić information content (AvgIpc) is 2.99. The van der Waals surface area contributed by atoms with Crippen LogP contribution in [0.2, 0.25) is 0 Å². The molecule has 0 saturated carbocycles. The molecule has 0 aliphatic rings. The van der Waals surface area contributed by atoms with Gasteiger partial charge < -0.3 is 15.8 Å². The van der Waals surface area contributed by atoms with Gasteiger partial charge in [-0.15, -0.1) is 0 Å². The van der Waals surface area contributed by atoms with Gasteiger partial charge in [-0.05, 0) is 34.9 Å². The quantitative estimate of drug-likeness (QED) is 0.165. The van der Waals surface area contributed by atoms with Crippen molar-refractivity contribution in [2.75, 3.05) is 4.72 Å². The number of benzene rings is 4. The predicted molar refractivity (Wildman–Crippen MR) is 158 cm³/mol. The molecule has 0 fully saturated rings. The fourth-order valence-corrected chi connectivity index (χ4v) is 5.21. The van der Waals surface area contributed by atoms with Crippen LogP contribution in [0.15, 0.2) is 102 Å². The molecule has 43 heavy (non-hydrogen) atoms. The van der Waals surface area contributed by atoms with E-state index in [1.165, 1.54) is 0 Å². The first kappa shape index (κ1) is 30.8. The molecule has 222 valence electrons. The van der Waals surface area contributed by atoms with Crippen molar-refractivity contribution >= 4 is 33.5 Å². The molecule has 4 aromatic carbocycles. The number of nitrogens with two attached hydrogens (primary N) is 1.